The first-order chi connectivity index (χ1) is 14.3. The second-order valence-electron chi connectivity index (χ2n) is 6.33. The normalized spacial score (nSPS) is 13.6. The van der Waals surface area contributed by atoms with Gasteiger partial charge in [-0.2, -0.15) is 52.7 Å². The first-order valence-corrected chi connectivity index (χ1v) is 8.10. The monoisotopic (exact) mass is 480 g/mol. The minimum atomic E-state index is -5.26. The van der Waals surface area contributed by atoms with E-state index in [1.54, 1.807) is 0 Å². The van der Waals surface area contributed by atoms with Crippen LogP contribution >= 0.6 is 0 Å². The van der Waals surface area contributed by atoms with Crippen LogP contribution in [0.4, 0.5) is 52.7 Å². The molecule has 0 fully saturated rings. The Balaban J connectivity index is 2.52. The largest absolute Gasteiger partial charge is 0.416 e. The van der Waals surface area contributed by atoms with E-state index in [0.29, 0.717) is 6.08 Å². The third kappa shape index (κ3) is 6.26. The minimum Gasteiger partial charge on any atom is -0.289 e. The average Bonchev–Trinajstić information content (AvgIpc) is 2.62. The maximum Gasteiger partial charge on any atom is 0.416 e. The molecular formula is C19H8F12O. The number of carbonyl (C=O) groups is 1. The number of benzene rings is 2. The molecule has 32 heavy (non-hydrogen) atoms. The molecule has 0 aliphatic carbocycles. The van der Waals surface area contributed by atoms with Gasteiger partial charge in [-0.1, -0.05) is 6.08 Å². The fourth-order valence-corrected chi connectivity index (χ4v) is 2.44. The van der Waals surface area contributed by atoms with E-state index in [1.165, 1.54) is 0 Å². The lowest BCUT2D eigenvalue weighted by Gasteiger charge is -2.13. The molecule has 0 heterocycles. The molecule has 2 aromatic carbocycles. The highest BCUT2D eigenvalue weighted by molar-refractivity contribution is 6.07. The maximum atomic E-state index is 12.9. The Morgan fingerprint density at radius 1 is 0.531 bits per heavy atom. The molecule has 0 spiro atoms. The number of carbonyl (C=O) groups excluding carboxylic acids is 1. The summed E-state index contributed by atoms with van der Waals surface area (Å²) in [6.07, 6.45) is -20.2. The number of halogens is 12. The number of rotatable bonds is 3. The van der Waals surface area contributed by atoms with Crippen LogP contribution in [0, 0.1) is 0 Å². The van der Waals surface area contributed by atoms with Gasteiger partial charge in [-0.05, 0) is 48.0 Å². The highest BCUT2D eigenvalue weighted by Crippen LogP contribution is 2.38. The summed E-state index contributed by atoms with van der Waals surface area (Å²) in [6, 6.07) is 0.174. The highest BCUT2D eigenvalue weighted by Gasteiger charge is 2.38. The van der Waals surface area contributed by atoms with Crippen molar-refractivity contribution >= 4 is 11.9 Å². The van der Waals surface area contributed by atoms with Gasteiger partial charge in [0, 0.05) is 5.56 Å². The van der Waals surface area contributed by atoms with Crippen molar-refractivity contribution in [3.8, 4) is 0 Å². The summed E-state index contributed by atoms with van der Waals surface area (Å²) in [5, 5.41) is 0. The van der Waals surface area contributed by atoms with E-state index < -0.39 is 63.9 Å². The lowest BCUT2D eigenvalue weighted by Crippen LogP contribution is -2.13. The van der Waals surface area contributed by atoms with Crippen molar-refractivity contribution < 1.29 is 57.5 Å². The van der Waals surface area contributed by atoms with Crippen LogP contribution in [-0.4, -0.2) is 5.78 Å². The Labute approximate surface area is 171 Å². The molecule has 0 amide bonds. The number of allylic oxidation sites excluding steroid dienone is 1. The van der Waals surface area contributed by atoms with Crippen LogP contribution in [0.1, 0.15) is 38.2 Å². The van der Waals surface area contributed by atoms with Crippen LogP contribution in [0.25, 0.3) is 6.08 Å². The molecule has 0 atom stereocenters. The van der Waals surface area contributed by atoms with Crippen molar-refractivity contribution in [2.45, 2.75) is 24.7 Å². The standard InChI is InChI=1S/C19H8F12O/c20-16(21,22)11-3-9(4-12(7-11)17(23,24)25)1-2-15(32)10-5-13(18(26,27)28)8-14(6-10)19(29,30)31/h1-8H. The molecule has 0 saturated heterocycles. The predicted octanol–water partition coefficient (Wildman–Crippen LogP) is 7.66. The molecule has 0 radical (unpaired) electrons. The van der Waals surface area contributed by atoms with Crippen LogP contribution < -0.4 is 0 Å². The van der Waals surface area contributed by atoms with Crippen LogP contribution in [-0.2, 0) is 24.7 Å². The van der Waals surface area contributed by atoms with E-state index in [0.717, 1.165) is 0 Å². The molecule has 0 unspecified atom stereocenters. The second-order valence-corrected chi connectivity index (χ2v) is 6.33. The number of hydrogen-bond acceptors (Lipinski definition) is 1. The highest BCUT2D eigenvalue weighted by atomic mass is 19.4. The maximum absolute atomic E-state index is 12.9. The fourth-order valence-electron chi connectivity index (χ4n) is 2.44. The van der Waals surface area contributed by atoms with Gasteiger partial charge in [0.2, 0.25) is 0 Å². The SMILES string of the molecule is O=C(C=Cc1cc(C(F)(F)F)cc(C(F)(F)F)c1)c1cc(C(F)(F)F)cc(C(F)(F)F)c1. The Kier molecular flexibility index (Phi) is 6.45. The van der Waals surface area contributed by atoms with E-state index in [9.17, 15) is 57.5 Å². The summed E-state index contributed by atoms with van der Waals surface area (Å²) in [4.78, 5) is 12.1. The van der Waals surface area contributed by atoms with Gasteiger partial charge in [-0.15, -0.1) is 0 Å². The van der Waals surface area contributed by atoms with Gasteiger partial charge in [0.05, 0.1) is 22.3 Å². The number of hydrogen-bond donors (Lipinski definition) is 0. The zero-order valence-electron chi connectivity index (χ0n) is 15.1. The van der Waals surface area contributed by atoms with E-state index in [-0.39, 0.29) is 42.5 Å². The summed E-state index contributed by atoms with van der Waals surface area (Å²) in [5.74, 6) is -1.51. The molecule has 1 nitrogen and oxygen atoms in total. The molecule has 174 valence electrons. The van der Waals surface area contributed by atoms with Gasteiger partial charge < -0.3 is 0 Å². The van der Waals surface area contributed by atoms with Crippen molar-refractivity contribution in [3.63, 3.8) is 0 Å². The summed E-state index contributed by atoms with van der Waals surface area (Å²) in [7, 11) is 0. The molecule has 0 aliphatic rings. The zero-order chi connectivity index (χ0) is 24.7. The molecule has 0 bridgehead atoms. The lowest BCUT2D eigenvalue weighted by molar-refractivity contribution is -0.144. The molecule has 0 aliphatic heterocycles. The Morgan fingerprint density at radius 2 is 0.844 bits per heavy atom. The van der Waals surface area contributed by atoms with Gasteiger partial charge >= 0.3 is 24.7 Å². The van der Waals surface area contributed by atoms with E-state index >= 15 is 0 Å². The van der Waals surface area contributed by atoms with Gasteiger partial charge in [0.1, 0.15) is 0 Å². The molecule has 0 N–H and O–H groups in total. The van der Waals surface area contributed by atoms with E-state index in [4.69, 9.17) is 0 Å². The predicted molar refractivity (Wildman–Crippen MR) is 86.3 cm³/mol. The van der Waals surface area contributed by atoms with Gasteiger partial charge in [-0.3, -0.25) is 4.79 Å². The van der Waals surface area contributed by atoms with Gasteiger partial charge in [0.25, 0.3) is 0 Å². The smallest absolute Gasteiger partial charge is 0.289 e. The third-order valence-corrected chi connectivity index (χ3v) is 3.91. The van der Waals surface area contributed by atoms with Crippen molar-refractivity contribution in [3.05, 3.63) is 75.9 Å². The summed E-state index contributed by atoms with van der Waals surface area (Å²) in [6.45, 7) is 0. The number of ketones is 1. The summed E-state index contributed by atoms with van der Waals surface area (Å²) < 4.78 is 154. The third-order valence-electron chi connectivity index (χ3n) is 3.91. The molecule has 2 aromatic rings. The Hall–Kier alpha value is -2.99. The van der Waals surface area contributed by atoms with E-state index in [2.05, 4.69) is 0 Å². The molecule has 13 heteroatoms. The Bertz CT molecular complexity index is 972. The molecule has 0 saturated carbocycles. The van der Waals surface area contributed by atoms with Crippen LogP contribution in [0.2, 0.25) is 0 Å². The zero-order valence-corrected chi connectivity index (χ0v) is 15.1. The van der Waals surface area contributed by atoms with Gasteiger partial charge in [0.15, 0.2) is 5.78 Å². The van der Waals surface area contributed by atoms with Crippen molar-refractivity contribution in [1.82, 2.24) is 0 Å². The topological polar surface area (TPSA) is 17.1 Å². The van der Waals surface area contributed by atoms with Crippen molar-refractivity contribution in [2.24, 2.45) is 0 Å². The van der Waals surface area contributed by atoms with E-state index in [1.807, 2.05) is 0 Å². The molecule has 2 rings (SSSR count). The summed E-state index contributed by atoms with van der Waals surface area (Å²) in [5.41, 5.74) is -9.00. The quantitative estimate of drug-likeness (QED) is 0.251. The van der Waals surface area contributed by atoms with Crippen molar-refractivity contribution in [1.29, 1.82) is 0 Å². The first kappa shape index (κ1) is 25.3. The lowest BCUT2D eigenvalue weighted by atomic mass is 10.0. The number of alkyl halides is 12. The van der Waals surface area contributed by atoms with Crippen LogP contribution in [0.5, 0.6) is 0 Å². The summed E-state index contributed by atoms with van der Waals surface area (Å²) >= 11 is 0. The second kappa shape index (κ2) is 8.17. The van der Waals surface area contributed by atoms with Crippen LogP contribution in [0.15, 0.2) is 42.5 Å². The first-order valence-electron chi connectivity index (χ1n) is 8.10. The van der Waals surface area contributed by atoms with Crippen molar-refractivity contribution in [2.75, 3.05) is 0 Å². The Morgan fingerprint density at radius 3 is 1.16 bits per heavy atom. The van der Waals surface area contributed by atoms with Crippen LogP contribution in [0.3, 0.4) is 0 Å². The molecule has 0 aromatic heterocycles. The minimum absolute atomic E-state index is 0.0786. The average molecular weight is 480 g/mol. The van der Waals surface area contributed by atoms with Gasteiger partial charge in [-0.25, -0.2) is 0 Å². The molecular weight excluding hydrogens is 472 g/mol. The fraction of sp³-hybridized carbons (Fsp3) is 0.211.